The number of aliphatic carboxylic acids is 1. The summed E-state index contributed by atoms with van der Waals surface area (Å²) in [5, 5.41) is 39.6. The SMILES string of the molecule is CCn1nccc1N(c1nc(C(C)C)c(/C=C/[C@@H](O)C[C@@H](O)CC(=O)[O-])c(-c2ccc(F)cc2)c1C)S(C)(=O)=O.CCn1nccc1N(c1nc(C(C)C)c(C(=O)OC)c(-c2ccc(F)cc2)c1C)S(C)(=O)=O.[Na+]. The number of carboxylic acid groups (broad SMARTS) is 1. The minimum atomic E-state index is -3.90. The molecule has 0 fully saturated rings. The van der Waals surface area contributed by atoms with E-state index in [0.717, 1.165) is 21.1 Å². The van der Waals surface area contributed by atoms with Crippen LogP contribution in [0, 0.1) is 25.5 Å². The number of halogens is 2. The normalized spacial score (nSPS) is 12.6. The van der Waals surface area contributed by atoms with E-state index in [-0.39, 0.29) is 65.0 Å². The van der Waals surface area contributed by atoms with Crippen LogP contribution >= 0.6 is 0 Å². The van der Waals surface area contributed by atoms with Crippen molar-refractivity contribution in [1.29, 1.82) is 0 Å². The Labute approximate surface area is 453 Å². The second kappa shape index (κ2) is 25.6. The number of carbonyl (C=O) groups excluding carboxylic acids is 2. The number of ether oxygens (including phenoxy) is 1. The van der Waals surface area contributed by atoms with Gasteiger partial charge in [-0.1, -0.05) is 64.1 Å². The molecule has 18 nitrogen and oxygen atoms in total. The van der Waals surface area contributed by atoms with Crippen molar-refractivity contribution in [1.82, 2.24) is 29.5 Å². The molecule has 0 saturated carbocycles. The van der Waals surface area contributed by atoms with Gasteiger partial charge in [0.2, 0.25) is 20.0 Å². The number of hydrogen-bond acceptors (Lipinski definition) is 14. The molecule has 0 aliphatic carbocycles. The fourth-order valence-corrected chi connectivity index (χ4v) is 10.2. The zero-order valence-electron chi connectivity index (χ0n) is 43.5. The number of aliphatic hydroxyl groups excluding tert-OH is 2. The number of rotatable bonds is 19. The number of pyridine rings is 2. The van der Waals surface area contributed by atoms with Gasteiger partial charge in [-0.25, -0.2) is 58.4 Å². The van der Waals surface area contributed by atoms with Gasteiger partial charge in [0, 0.05) is 66.3 Å². The smallest absolute Gasteiger partial charge is 0.550 e. The van der Waals surface area contributed by atoms with Crippen molar-refractivity contribution in [3.63, 3.8) is 0 Å². The first kappa shape index (κ1) is 60.7. The number of aliphatic hydroxyl groups is 2. The van der Waals surface area contributed by atoms with Gasteiger partial charge in [-0.2, -0.15) is 10.2 Å². The Hall–Kier alpha value is -5.88. The summed E-state index contributed by atoms with van der Waals surface area (Å²) in [6, 6.07) is 14.6. The Bertz CT molecular complexity index is 3200. The van der Waals surface area contributed by atoms with Crippen molar-refractivity contribution in [2.45, 2.75) is 105 Å². The number of carbonyl (C=O) groups is 2. The van der Waals surface area contributed by atoms with Crippen molar-refractivity contribution >= 4 is 61.3 Å². The van der Waals surface area contributed by atoms with Gasteiger partial charge in [-0.15, -0.1) is 0 Å². The van der Waals surface area contributed by atoms with E-state index in [1.54, 1.807) is 61.0 Å². The molecule has 2 aromatic carbocycles. The molecule has 23 heteroatoms. The quantitative estimate of drug-likeness (QED) is 0.0848. The first-order chi connectivity index (χ1) is 34.2. The molecule has 4 aromatic heterocycles. The maximum absolute atomic E-state index is 13.9. The predicted octanol–water partition coefficient (Wildman–Crippen LogP) is 4.32. The van der Waals surface area contributed by atoms with Gasteiger partial charge < -0.3 is 24.9 Å². The molecule has 0 radical (unpaired) electrons. The van der Waals surface area contributed by atoms with Crippen LogP contribution in [0.15, 0.2) is 79.1 Å². The monoisotopic (exact) mass is 1070 g/mol. The summed E-state index contributed by atoms with van der Waals surface area (Å²) in [5.41, 5.74) is 4.72. The Balaban J connectivity index is 0.000000322. The Morgan fingerprint density at radius 3 is 1.54 bits per heavy atom. The standard InChI is InChI=1S/C28H35FN4O6S.C23H27FN4O4S.Na/c1-6-32-24(13-14-30-32)33(40(5,38)39)28-18(4)26(19-7-9-20(29)10-8-19)23(27(31-28)17(2)3)12-11-21(34)15-22(35)16-25(36)37;1-7-27-18(12-13-25-27)28(33(6,30)31)22-15(4)19(16-8-10-17(24)11-9-16)20(23(29)32-5)21(26-22)14(2)3;/h7-14,17,21-22,34-35H,6,15-16H2,1-5H3,(H,36,37);8-14H,7H2,1-6H3;/q;;+1/p-1/b12-11+;;/t21-,22-;;/m1../s1. The Morgan fingerprint density at radius 1 is 0.730 bits per heavy atom. The van der Waals surface area contributed by atoms with Gasteiger partial charge in [-0.3, -0.25) is 0 Å². The van der Waals surface area contributed by atoms with Crippen molar-refractivity contribution < 1.29 is 84.8 Å². The van der Waals surface area contributed by atoms with E-state index in [2.05, 4.69) is 15.2 Å². The summed E-state index contributed by atoms with van der Waals surface area (Å²) >= 11 is 0. The van der Waals surface area contributed by atoms with Crippen LogP contribution < -0.4 is 43.3 Å². The largest absolute Gasteiger partial charge is 1.00 e. The zero-order valence-corrected chi connectivity index (χ0v) is 47.2. The molecule has 0 aliphatic heterocycles. The Morgan fingerprint density at radius 2 is 1.15 bits per heavy atom. The van der Waals surface area contributed by atoms with E-state index in [4.69, 9.17) is 9.72 Å². The molecule has 6 aromatic rings. The summed E-state index contributed by atoms with van der Waals surface area (Å²) in [7, 11) is -6.47. The van der Waals surface area contributed by atoms with E-state index in [1.807, 2.05) is 41.5 Å². The second-order valence-electron chi connectivity index (χ2n) is 17.7. The predicted molar refractivity (Wildman–Crippen MR) is 273 cm³/mol. The number of sulfonamides is 2. The van der Waals surface area contributed by atoms with E-state index in [9.17, 15) is 50.5 Å². The molecule has 6 rings (SSSR count). The molecule has 74 heavy (non-hydrogen) atoms. The van der Waals surface area contributed by atoms with Gasteiger partial charge in [0.15, 0.2) is 11.6 Å². The number of esters is 1. The number of benzene rings is 2. The third-order valence-corrected chi connectivity index (χ3v) is 13.6. The van der Waals surface area contributed by atoms with Crippen LogP contribution in [0.4, 0.5) is 32.1 Å². The topological polar surface area (TPSA) is 243 Å². The molecule has 0 saturated heterocycles. The van der Waals surface area contributed by atoms with Gasteiger partial charge in [0.05, 0.1) is 61.2 Å². The number of anilines is 4. The maximum atomic E-state index is 13.9. The van der Waals surface area contributed by atoms with Crippen LogP contribution in [-0.2, 0) is 42.7 Å². The van der Waals surface area contributed by atoms with Crippen LogP contribution in [0.1, 0.15) is 105 Å². The molecule has 0 unspecified atom stereocenters. The average molecular weight is 1070 g/mol. The van der Waals surface area contributed by atoms with Crippen LogP contribution in [0.25, 0.3) is 28.3 Å². The summed E-state index contributed by atoms with van der Waals surface area (Å²) in [5.74, 6) is -2.44. The Kier molecular flexibility index (Phi) is 21.0. The van der Waals surface area contributed by atoms with E-state index < -0.39 is 62.2 Å². The number of aromatic nitrogens is 6. The van der Waals surface area contributed by atoms with E-state index in [0.29, 0.717) is 75.1 Å². The zero-order chi connectivity index (χ0) is 54.3. The van der Waals surface area contributed by atoms with Crippen LogP contribution in [0.2, 0.25) is 0 Å². The fourth-order valence-electron chi connectivity index (χ4n) is 8.27. The van der Waals surface area contributed by atoms with Gasteiger partial charge in [-0.05, 0) is 80.5 Å². The molecule has 0 amide bonds. The molecule has 4 heterocycles. The number of carboxylic acids is 1. The number of hydrogen-bond donors (Lipinski definition) is 2. The second-order valence-corrected chi connectivity index (χ2v) is 21.4. The summed E-state index contributed by atoms with van der Waals surface area (Å²) in [6.07, 6.45) is 4.85. The first-order valence-corrected chi connectivity index (χ1v) is 26.9. The summed E-state index contributed by atoms with van der Waals surface area (Å²) in [6.45, 7) is 15.4. The summed E-state index contributed by atoms with van der Waals surface area (Å²) in [4.78, 5) is 33.1. The number of aryl methyl sites for hydroxylation is 2. The third-order valence-electron chi connectivity index (χ3n) is 11.5. The van der Waals surface area contributed by atoms with E-state index >= 15 is 0 Å². The van der Waals surface area contributed by atoms with Crippen molar-refractivity contribution in [2.75, 3.05) is 28.2 Å². The first-order valence-electron chi connectivity index (χ1n) is 23.2. The summed E-state index contributed by atoms with van der Waals surface area (Å²) < 4.78 is 90.3. The molecular weight excluding hydrogens is 1010 g/mol. The molecule has 392 valence electrons. The fraction of sp³-hybridized carbons (Fsp3) is 0.373. The van der Waals surface area contributed by atoms with E-state index in [1.165, 1.54) is 54.5 Å². The molecule has 0 spiro atoms. The molecule has 0 bridgehead atoms. The van der Waals surface area contributed by atoms with Gasteiger partial charge in [0.1, 0.15) is 23.3 Å². The van der Waals surface area contributed by atoms with Crippen LogP contribution in [-0.4, -0.2) is 100 Å². The maximum Gasteiger partial charge on any atom is 1.00 e. The minimum absolute atomic E-state index is 0. The van der Waals surface area contributed by atoms with Crippen LogP contribution in [0.3, 0.4) is 0 Å². The van der Waals surface area contributed by atoms with Gasteiger partial charge >= 0.3 is 35.5 Å². The van der Waals surface area contributed by atoms with Crippen molar-refractivity contribution in [2.24, 2.45) is 0 Å². The molecule has 2 N–H and O–H groups in total. The number of nitrogens with zero attached hydrogens (tertiary/aromatic N) is 8. The molecule has 0 aliphatic rings. The van der Waals surface area contributed by atoms with Crippen molar-refractivity contribution in [3.8, 4) is 22.3 Å². The molecular formula is C51H61F2N8NaO10S2. The van der Waals surface area contributed by atoms with Gasteiger partial charge in [0.25, 0.3) is 0 Å². The third kappa shape index (κ3) is 14.1. The van der Waals surface area contributed by atoms with Crippen molar-refractivity contribution in [3.05, 3.63) is 124 Å². The minimum Gasteiger partial charge on any atom is -0.550 e. The average Bonchev–Trinajstić information content (AvgIpc) is 3.98. The molecule has 2 atom stereocenters. The van der Waals surface area contributed by atoms with Crippen LogP contribution in [0.5, 0.6) is 0 Å². The number of methoxy groups -OCH3 is 1.